The number of Topliss-reactive ketones (excluding diaryl/α,β-unsaturated/α-hetero) is 1. The fourth-order valence-electron chi connectivity index (χ4n) is 1.88. The first-order valence-electron chi connectivity index (χ1n) is 7.21. The monoisotopic (exact) mass is 285 g/mol. The van der Waals surface area contributed by atoms with E-state index in [4.69, 9.17) is 5.11 Å². The molecule has 20 heavy (non-hydrogen) atoms. The lowest BCUT2D eigenvalue weighted by molar-refractivity contribution is -0.141. The van der Waals surface area contributed by atoms with E-state index in [2.05, 4.69) is 5.32 Å². The topological polar surface area (TPSA) is 83.5 Å². The van der Waals surface area contributed by atoms with Crippen LogP contribution in [0.3, 0.4) is 0 Å². The lowest BCUT2D eigenvalue weighted by Gasteiger charge is -2.21. The Balaban J connectivity index is 4.58. The zero-order chi connectivity index (χ0) is 15.9. The molecule has 0 saturated heterocycles. The van der Waals surface area contributed by atoms with E-state index in [-0.39, 0.29) is 24.3 Å². The molecule has 0 fully saturated rings. The van der Waals surface area contributed by atoms with E-state index in [9.17, 15) is 14.4 Å². The molecule has 0 aromatic carbocycles. The van der Waals surface area contributed by atoms with Crippen LogP contribution in [0.4, 0.5) is 0 Å². The van der Waals surface area contributed by atoms with Gasteiger partial charge in [0.1, 0.15) is 0 Å². The van der Waals surface area contributed by atoms with Crippen LogP contribution in [-0.4, -0.2) is 28.8 Å². The van der Waals surface area contributed by atoms with Gasteiger partial charge in [0.05, 0.1) is 0 Å². The van der Waals surface area contributed by atoms with Crippen molar-refractivity contribution < 1.29 is 19.5 Å². The van der Waals surface area contributed by atoms with E-state index in [1.807, 2.05) is 27.7 Å². The van der Waals surface area contributed by atoms with Crippen LogP contribution in [0, 0.1) is 17.8 Å². The van der Waals surface area contributed by atoms with Crippen molar-refractivity contribution >= 4 is 17.7 Å². The third-order valence-electron chi connectivity index (χ3n) is 3.44. The highest BCUT2D eigenvalue weighted by Crippen LogP contribution is 2.13. The van der Waals surface area contributed by atoms with E-state index in [0.29, 0.717) is 18.8 Å². The molecule has 0 aromatic rings. The van der Waals surface area contributed by atoms with Crippen LogP contribution in [0.15, 0.2) is 0 Å². The first-order chi connectivity index (χ1) is 9.15. The van der Waals surface area contributed by atoms with Gasteiger partial charge in [0.25, 0.3) is 5.91 Å². The van der Waals surface area contributed by atoms with Gasteiger partial charge in [-0.15, -0.1) is 0 Å². The minimum atomic E-state index is -0.894. The van der Waals surface area contributed by atoms with Gasteiger partial charge in [-0.05, 0) is 24.7 Å². The molecule has 0 aliphatic heterocycles. The standard InChI is InChI=1S/C15H27NO4/c1-9(2)8-12(6-7-13(17)18)16-15(20)14(19)11(5)10(3)4/h9-12H,6-8H2,1-5H3,(H,16,20)(H,17,18)/t11?,12-/m1/s1. The summed E-state index contributed by atoms with van der Waals surface area (Å²) in [5, 5.41) is 11.4. The molecular weight excluding hydrogens is 258 g/mol. The molecule has 0 rings (SSSR count). The maximum atomic E-state index is 11.9. The average Bonchev–Trinajstić information content (AvgIpc) is 2.33. The molecule has 0 aliphatic carbocycles. The third-order valence-corrected chi connectivity index (χ3v) is 3.44. The lowest BCUT2D eigenvalue weighted by atomic mass is 9.92. The molecule has 5 heteroatoms. The normalized spacial score (nSPS) is 14.2. The zero-order valence-electron chi connectivity index (χ0n) is 13.1. The van der Waals surface area contributed by atoms with Gasteiger partial charge in [-0.3, -0.25) is 14.4 Å². The lowest BCUT2D eigenvalue weighted by Crippen LogP contribution is -2.42. The number of rotatable bonds is 9. The molecule has 0 saturated carbocycles. The predicted octanol–water partition coefficient (Wildman–Crippen LogP) is 2.24. The van der Waals surface area contributed by atoms with Crippen LogP contribution in [0.25, 0.3) is 0 Å². The van der Waals surface area contributed by atoms with Gasteiger partial charge >= 0.3 is 5.97 Å². The minimum absolute atomic E-state index is 0.00834. The summed E-state index contributed by atoms with van der Waals surface area (Å²) in [5.74, 6) is -1.81. The van der Waals surface area contributed by atoms with Crippen LogP contribution in [0.1, 0.15) is 53.9 Å². The maximum absolute atomic E-state index is 11.9. The van der Waals surface area contributed by atoms with Gasteiger partial charge < -0.3 is 10.4 Å². The van der Waals surface area contributed by atoms with Crippen molar-refractivity contribution in [2.75, 3.05) is 0 Å². The van der Waals surface area contributed by atoms with E-state index >= 15 is 0 Å². The summed E-state index contributed by atoms with van der Waals surface area (Å²) in [7, 11) is 0. The number of ketones is 1. The van der Waals surface area contributed by atoms with Crippen molar-refractivity contribution in [3.05, 3.63) is 0 Å². The number of carboxylic acids is 1. The molecule has 0 bridgehead atoms. The van der Waals surface area contributed by atoms with Crippen molar-refractivity contribution in [1.82, 2.24) is 5.32 Å². The Kier molecular flexibility index (Phi) is 8.11. The van der Waals surface area contributed by atoms with Crippen molar-refractivity contribution in [3.63, 3.8) is 0 Å². The molecule has 0 aromatic heterocycles. The van der Waals surface area contributed by atoms with Crippen LogP contribution in [0.5, 0.6) is 0 Å². The molecule has 116 valence electrons. The van der Waals surface area contributed by atoms with Crippen molar-refractivity contribution in [2.45, 2.75) is 59.9 Å². The predicted molar refractivity (Wildman–Crippen MR) is 77.3 cm³/mol. The second-order valence-electron chi connectivity index (χ2n) is 6.13. The van der Waals surface area contributed by atoms with Gasteiger partial charge in [0, 0.05) is 18.4 Å². The number of carbonyl (C=O) groups is 3. The van der Waals surface area contributed by atoms with Crippen LogP contribution < -0.4 is 5.32 Å². The molecule has 0 aliphatic rings. The Hall–Kier alpha value is -1.39. The number of nitrogens with one attached hydrogen (secondary N) is 1. The van der Waals surface area contributed by atoms with Crippen LogP contribution >= 0.6 is 0 Å². The molecule has 2 N–H and O–H groups in total. The first kappa shape index (κ1) is 18.6. The summed E-state index contributed by atoms with van der Waals surface area (Å²) < 4.78 is 0. The highest BCUT2D eigenvalue weighted by molar-refractivity contribution is 6.37. The summed E-state index contributed by atoms with van der Waals surface area (Å²) in [6.45, 7) is 9.52. The molecule has 1 amide bonds. The maximum Gasteiger partial charge on any atom is 0.303 e. The number of amides is 1. The zero-order valence-corrected chi connectivity index (χ0v) is 13.1. The quantitative estimate of drug-likeness (QED) is 0.636. The number of hydrogen-bond acceptors (Lipinski definition) is 3. The van der Waals surface area contributed by atoms with Crippen molar-refractivity contribution in [3.8, 4) is 0 Å². The summed E-state index contributed by atoms with van der Waals surface area (Å²) in [6, 6.07) is -0.262. The average molecular weight is 285 g/mol. The Morgan fingerprint density at radius 3 is 2.00 bits per heavy atom. The minimum Gasteiger partial charge on any atom is -0.481 e. The molecular formula is C15H27NO4. The first-order valence-corrected chi connectivity index (χ1v) is 7.21. The fraction of sp³-hybridized carbons (Fsp3) is 0.800. The second-order valence-corrected chi connectivity index (χ2v) is 6.13. The van der Waals surface area contributed by atoms with Crippen molar-refractivity contribution in [1.29, 1.82) is 0 Å². The number of carbonyl (C=O) groups excluding carboxylic acids is 2. The molecule has 0 heterocycles. The van der Waals surface area contributed by atoms with Gasteiger partial charge in [-0.25, -0.2) is 0 Å². The van der Waals surface area contributed by atoms with Gasteiger partial charge in [-0.1, -0.05) is 34.6 Å². The summed E-state index contributed by atoms with van der Waals surface area (Å²) in [5.41, 5.74) is 0. The Morgan fingerprint density at radius 1 is 1.05 bits per heavy atom. The van der Waals surface area contributed by atoms with Gasteiger partial charge in [0.2, 0.25) is 5.78 Å². The van der Waals surface area contributed by atoms with Crippen molar-refractivity contribution in [2.24, 2.45) is 17.8 Å². The van der Waals surface area contributed by atoms with E-state index < -0.39 is 17.7 Å². The molecule has 5 nitrogen and oxygen atoms in total. The molecule has 0 spiro atoms. The van der Waals surface area contributed by atoms with E-state index in [0.717, 1.165) is 0 Å². The highest BCUT2D eigenvalue weighted by Gasteiger charge is 2.26. The van der Waals surface area contributed by atoms with Gasteiger partial charge in [-0.2, -0.15) is 0 Å². The Labute approximate surface area is 121 Å². The largest absolute Gasteiger partial charge is 0.481 e. The summed E-state index contributed by atoms with van der Waals surface area (Å²) in [4.78, 5) is 34.5. The highest BCUT2D eigenvalue weighted by atomic mass is 16.4. The Morgan fingerprint density at radius 2 is 1.60 bits per heavy atom. The third kappa shape index (κ3) is 7.26. The van der Waals surface area contributed by atoms with Crippen LogP contribution in [-0.2, 0) is 14.4 Å². The fourth-order valence-corrected chi connectivity index (χ4v) is 1.88. The number of hydrogen-bond donors (Lipinski definition) is 2. The number of aliphatic carboxylic acids is 1. The SMILES string of the molecule is CC(C)C[C@@H](CCC(=O)O)NC(=O)C(=O)C(C)C(C)C. The molecule has 2 atom stereocenters. The molecule has 0 radical (unpaired) electrons. The number of carboxylic acid groups (broad SMARTS) is 1. The summed E-state index contributed by atoms with van der Waals surface area (Å²) in [6.07, 6.45) is 1.01. The molecule has 1 unspecified atom stereocenters. The summed E-state index contributed by atoms with van der Waals surface area (Å²) >= 11 is 0. The second kappa shape index (κ2) is 8.72. The smallest absolute Gasteiger partial charge is 0.303 e. The van der Waals surface area contributed by atoms with Crippen LogP contribution in [0.2, 0.25) is 0 Å². The van der Waals surface area contributed by atoms with E-state index in [1.165, 1.54) is 0 Å². The van der Waals surface area contributed by atoms with E-state index in [1.54, 1.807) is 6.92 Å². The van der Waals surface area contributed by atoms with Gasteiger partial charge in [0.15, 0.2) is 0 Å². The Bertz CT molecular complexity index is 350.